The van der Waals surface area contributed by atoms with E-state index in [0.29, 0.717) is 40.9 Å². The molecule has 6 rings (SSSR count). The van der Waals surface area contributed by atoms with E-state index in [9.17, 15) is 8.78 Å². The Kier molecular flexibility index (Phi) is 8.31. The minimum Gasteiger partial charge on any atom is -0.353 e. The van der Waals surface area contributed by atoms with Gasteiger partial charge < -0.3 is 9.47 Å². The SMILES string of the molecule is CSc1nccc(-c2c(-c3ccc(F)cc3)nc3nn(CCCOC4CCCCO4)cc3c2-c2ccc(F)cc2)n1. The summed E-state index contributed by atoms with van der Waals surface area (Å²) in [5.74, 6) is -0.671. The van der Waals surface area contributed by atoms with Crippen LogP contribution in [0.5, 0.6) is 0 Å². The van der Waals surface area contributed by atoms with Gasteiger partial charge >= 0.3 is 0 Å². The molecule has 0 spiro atoms. The first-order chi connectivity index (χ1) is 20.1. The van der Waals surface area contributed by atoms with Gasteiger partial charge in [0.05, 0.1) is 18.0 Å². The molecule has 1 aliphatic heterocycles. The number of halogens is 2. The Morgan fingerprint density at radius 3 is 2.41 bits per heavy atom. The monoisotopic (exact) mass is 573 g/mol. The topological polar surface area (TPSA) is 75.0 Å². The molecule has 41 heavy (non-hydrogen) atoms. The van der Waals surface area contributed by atoms with Crippen LogP contribution < -0.4 is 0 Å². The molecule has 3 aromatic heterocycles. The highest BCUT2D eigenvalue weighted by Crippen LogP contribution is 2.42. The minimum atomic E-state index is -0.341. The summed E-state index contributed by atoms with van der Waals surface area (Å²) < 4.78 is 41.4. The predicted molar refractivity (Wildman–Crippen MR) is 155 cm³/mol. The summed E-state index contributed by atoms with van der Waals surface area (Å²) in [7, 11) is 0. The van der Waals surface area contributed by atoms with E-state index in [1.54, 1.807) is 30.5 Å². The lowest BCUT2D eigenvalue weighted by Gasteiger charge is -2.22. The third kappa shape index (κ3) is 6.14. The first kappa shape index (κ1) is 27.4. The molecule has 0 saturated carbocycles. The molecule has 1 aliphatic rings. The summed E-state index contributed by atoms with van der Waals surface area (Å²) in [6.45, 7) is 1.93. The predicted octanol–water partition coefficient (Wildman–Crippen LogP) is 7.16. The summed E-state index contributed by atoms with van der Waals surface area (Å²) in [5.41, 5.74) is 4.86. The maximum Gasteiger partial charge on any atom is 0.187 e. The van der Waals surface area contributed by atoms with Crippen molar-refractivity contribution in [1.82, 2.24) is 24.7 Å². The number of pyridine rings is 1. The molecule has 1 unspecified atom stereocenters. The van der Waals surface area contributed by atoms with E-state index in [1.165, 1.54) is 36.0 Å². The second-order valence-corrected chi connectivity index (χ2v) is 10.6. The molecule has 1 saturated heterocycles. The van der Waals surface area contributed by atoms with Crippen LogP contribution in [0.4, 0.5) is 8.78 Å². The second kappa shape index (κ2) is 12.4. The number of thioether (sulfide) groups is 1. The highest BCUT2D eigenvalue weighted by Gasteiger charge is 2.23. The van der Waals surface area contributed by atoms with E-state index in [-0.39, 0.29) is 17.9 Å². The zero-order chi connectivity index (χ0) is 28.2. The van der Waals surface area contributed by atoms with Crippen LogP contribution in [0.25, 0.3) is 44.7 Å². The Morgan fingerprint density at radius 1 is 0.951 bits per heavy atom. The van der Waals surface area contributed by atoms with Crippen molar-refractivity contribution in [2.24, 2.45) is 0 Å². The maximum atomic E-state index is 14.0. The largest absolute Gasteiger partial charge is 0.353 e. The van der Waals surface area contributed by atoms with Crippen LogP contribution in [-0.4, -0.2) is 50.5 Å². The third-order valence-corrected chi connectivity index (χ3v) is 7.57. The fraction of sp³-hybridized carbons (Fsp3) is 0.290. The number of fused-ring (bicyclic) bond motifs is 1. The Morgan fingerprint density at radius 2 is 1.71 bits per heavy atom. The fourth-order valence-electron chi connectivity index (χ4n) is 5.04. The Labute approximate surface area is 241 Å². The first-order valence-electron chi connectivity index (χ1n) is 13.6. The van der Waals surface area contributed by atoms with Crippen LogP contribution in [0.1, 0.15) is 25.7 Å². The summed E-state index contributed by atoms with van der Waals surface area (Å²) in [4.78, 5) is 14.1. The van der Waals surface area contributed by atoms with Gasteiger partial charge in [0.2, 0.25) is 0 Å². The molecular formula is C31H29F2N5O2S. The maximum absolute atomic E-state index is 14.0. The molecule has 10 heteroatoms. The number of rotatable bonds is 9. The van der Waals surface area contributed by atoms with Gasteiger partial charge in [-0.2, -0.15) is 5.10 Å². The van der Waals surface area contributed by atoms with E-state index < -0.39 is 0 Å². The van der Waals surface area contributed by atoms with Gasteiger partial charge in [0.1, 0.15) is 11.6 Å². The van der Waals surface area contributed by atoms with E-state index in [4.69, 9.17) is 24.5 Å². The van der Waals surface area contributed by atoms with Crippen LogP contribution >= 0.6 is 11.8 Å². The summed E-state index contributed by atoms with van der Waals surface area (Å²) in [5, 5.41) is 6.22. The molecule has 7 nitrogen and oxygen atoms in total. The van der Waals surface area contributed by atoms with Crippen molar-refractivity contribution >= 4 is 22.8 Å². The van der Waals surface area contributed by atoms with Crippen LogP contribution in [-0.2, 0) is 16.0 Å². The van der Waals surface area contributed by atoms with Crippen molar-refractivity contribution in [3.8, 4) is 33.6 Å². The van der Waals surface area contributed by atoms with Crippen molar-refractivity contribution < 1.29 is 18.3 Å². The van der Waals surface area contributed by atoms with E-state index >= 15 is 0 Å². The molecule has 0 radical (unpaired) electrons. The number of hydrogen-bond donors (Lipinski definition) is 0. The highest BCUT2D eigenvalue weighted by molar-refractivity contribution is 7.98. The Balaban J connectivity index is 1.47. The molecule has 2 aromatic carbocycles. The van der Waals surface area contributed by atoms with Crippen molar-refractivity contribution in [2.45, 2.75) is 43.7 Å². The quantitative estimate of drug-likeness (QED) is 0.105. The number of nitrogens with zero attached hydrogens (tertiary/aromatic N) is 5. The number of aromatic nitrogens is 5. The zero-order valence-corrected chi connectivity index (χ0v) is 23.4. The van der Waals surface area contributed by atoms with Crippen molar-refractivity contribution in [2.75, 3.05) is 19.5 Å². The summed E-state index contributed by atoms with van der Waals surface area (Å²) in [6, 6.07) is 14.4. The van der Waals surface area contributed by atoms with Crippen LogP contribution in [0.15, 0.2) is 72.1 Å². The molecule has 5 aromatic rings. The van der Waals surface area contributed by atoms with Crippen LogP contribution in [0.2, 0.25) is 0 Å². The van der Waals surface area contributed by atoms with Crippen molar-refractivity contribution in [3.63, 3.8) is 0 Å². The average molecular weight is 574 g/mol. The van der Waals surface area contributed by atoms with Gasteiger partial charge in [-0.15, -0.1) is 0 Å². The van der Waals surface area contributed by atoms with Gasteiger partial charge in [-0.05, 0) is 80.0 Å². The number of aryl methyl sites for hydroxylation is 1. The van der Waals surface area contributed by atoms with E-state index in [0.717, 1.165) is 54.4 Å². The third-order valence-electron chi connectivity index (χ3n) is 7.01. The van der Waals surface area contributed by atoms with Crippen LogP contribution in [0.3, 0.4) is 0 Å². The average Bonchev–Trinajstić information content (AvgIpc) is 3.42. The van der Waals surface area contributed by atoms with Crippen molar-refractivity contribution in [1.29, 1.82) is 0 Å². The first-order valence-corrected chi connectivity index (χ1v) is 14.8. The number of hydrogen-bond acceptors (Lipinski definition) is 7. The molecule has 1 fully saturated rings. The normalized spacial score (nSPS) is 15.4. The fourth-order valence-corrected chi connectivity index (χ4v) is 5.40. The van der Waals surface area contributed by atoms with E-state index in [1.807, 2.05) is 23.2 Å². The van der Waals surface area contributed by atoms with Gasteiger partial charge in [-0.25, -0.2) is 23.7 Å². The molecule has 0 amide bonds. The lowest BCUT2D eigenvalue weighted by atomic mass is 9.91. The standard InChI is InChI=1S/C31H29F2N5O2S/c1-41-31-34-15-14-25(35-31)28-27(20-6-10-22(32)11-7-20)24-19-38(16-4-18-40-26-5-2-3-17-39-26)37-30(24)36-29(28)21-8-12-23(33)13-9-21/h6-15,19,26H,2-5,16-18H2,1H3. The van der Waals surface area contributed by atoms with Gasteiger partial charge in [-0.1, -0.05) is 23.9 Å². The molecule has 1 atom stereocenters. The summed E-state index contributed by atoms with van der Waals surface area (Å²) in [6.07, 6.45) is 9.33. The zero-order valence-electron chi connectivity index (χ0n) is 22.6. The molecule has 0 bridgehead atoms. The molecule has 210 valence electrons. The Bertz CT molecular complexity index is 1640. The highest BCUT2D eigenvalue weighted by atomic mass is 32.2. The molecule has 0 N–H and O–H groups in total. The van der Waals surface area contributed by atoms with Gasteiger partial charge in [0.25, 0.3) is 0 Å². The van der Waals surface area contributed by atoms with Crippen molar-refractivity contribution in [3.05, 3.63) is 78.6 Å². The van der Waals surface area contributed by atoms with Crippen LogP contribution in [0, 0.1) is 11.6 Å². The second-order valence-electron chi connectivity index (χ2n) is 9.80. The van der Waals surface area contributed by atoms with E-state index in [2.05, 4.69) is 4.98 Å². The molecular weight excluding hydrogens is 544 g/mol. The number of ether oxygens (including phenoxy) is 2. The summed E-state index contributed by atoms with van der Waals surface area (Å²) >= 11 is 1.43. The smallest absolute Gasteiger partial charge is 0.187 e. The van der Waals surface area contributed by atoms with Gasteiger partial charge in [0.15, 0.2) is 17.1 Å². The van der Waals surface area contributed by atoms with Gasteiger partial charge in [-0.3, -0.25) is 4.68 Å². The number of benzene rings is 2. The molecule has 4 heterocycles. The molecule has 0 aliphatic carbocycles. The van der Waals surface area contributed by atoms with Gasteiger partial charge in [0, 0.05) is 47.6 Å². The Hall–Kier alpha value is -3.73. The lowest BCUT2D eigenvalue weighted by molar-refractivity contribution is -0.163. The minimum absolute atomic E-state index is 0.132. The lowest BCUT2D eigenvalue weighted by Crippen LogP contribution is -2.23.